The number of carboxylic acid groups (broad SMARTS) is 1. The van der Waals surface area contributed by atoms with Crippen LogP contribution in [-0.2, 0) is 16.6 Å². The van der Waals surface area contributed by atoms with Crippen molar-refractivity contribution in [1.82, 2.24) is 15.2 Å². The molecule has 5 N–H and O–H groups in total. The summed E-state index contributed by atoms with van der Waals surface area (Å²) in [5.74, 6) is 1.86. The van der Waals surface area contributed by atoms with E-state index in [1.807, 2.05) is 13.2 Å². The fourth-order valence-electron chi connectivity index (χ4n) is 12.2. The first-order valence-electron chi connectivity index (χ1n) is 17.0. The van der Waals surface area contributed by atoms with E-state index in [4.69, 9.17) is 10.7 Å². The van der Waals surface area contributed by atoms with Crippen molar-refractivity contribution in [2.24, 2.45) is 44.8 Å². The highest BCUT2D eigenvalue weighted by atomic mass is 16.4. The molecule has 0 saturated heterocycles. The molecule has 1 unspecified atom stereocenters. The van der Waals surface area contributed by atoms with Crippen LogP contribution < -0.4 is 11.1 Å². The number of nitrogens with zero attached hydrogens (tertiary/aromatic N) is 2. The number of carboxylic acids is 1. The molecule has 5 aliphatic rings. The molecule has 0 radical (unpaired) electrons. The fourth-order valence-corrected chi connectivity index (χ4v) is 12.2. The molecule has 2 aromatic heterocycles. The Bertz CT molecular complexity index is 1550. The number of nitrogen functional groups attached to an aromatic ring is 1. The number of nitrogens with one attached hydrogen (secondary N) is 2. The number of nitrogens with two attached hydrogens (primary N) is 1. The summed E-state index contributed by atoms with van der Waals surface area (Å²) in [6.45, 7) is 17.2. The first-order valence-corrected chi connectivity index (χ1v) is 17.0. The molecule has 44 heavy (non-hydrogen) atoms. The molecule has 5 aliphatic carbocycles. The zero-order chi connectivity index (χ0) is 31.7. The molecule has 7 heteroatoms. The Balaban J connectivity index is 1.48. The Morgan fingerprint density at radius 1 is 1.02 bits per heavy atom. The van der Waals surface area contributed by atoms with E-state index in [1.54, 1.807) is 0 Å². The minimum Gasteiger partial charge on any atom is -0.481 e. The molecule has 238 valence electrons. The highest BCUT2D eigenvalue weighted by Gasteiger charge is 2.70. The average Bonchev–Trinajstić information content (AvgIpc) is 3.33. The van der Waals surface area contributed by atoms with Crippen molar-refractivity contribution in [3.63, 3.8) is 0 Å². The van der Waals surface area contributed by atoms with E-state index in [2.05, 4.69) is 76.1 Å². The van der Waals surface area contributed by atoms with E-state index in [0.29, 0.717) is 17.7 Å². The van der Waals surface area contributed by atoms with Crippen LogP contribution in [0.4, 0.5) is 11.6 Å². The van der Waals surface area contributed by atoms with Gasteiger partial charge in [0.1, 0.15) is 11.6 Å². The standard InChI is InChI=1S/C37H53N5O2/c1-32(2)13-15-37(31(43)44)16-14-36(7)28(24(37)19-32)22(21-9-10-27(39-8)40-20-21)17-26-34(5)18-23-29(41-42-30(23)38)33(3,4)25(34)11-12-35(26,36)6/h9-10,20,24-26H,11-19H2,1-8H3,(H,39,40)(H,43,44)(H3,38,41,42)/t24-,25-,26?,34-,35+,36+,37-/m0/s1. The Hall–Kier alpha value is -2.83. The van der Waals surface area contributed by atoms with Gasteiger partial charge < -0.3 is 16.2 Å². The van der Waals surface area contributed by atoms with E-state index in [-0.39, 0.29) is 33.0 Å². The number of hydrogen-bond acceptors (Lipinski definition) is 5. The number of allylic oxidation sites excluding steroid dienone is 2. The fraction of sp³-hybridized carbons (Fsp3) is 0.703. The van der Waals surface area contributed by atoms with Crippen LogP contribution in [0.15, 0.2) is 23.9 Å². The molecule has 7 atom stereocenters. The Kier molecular flexibility index (Phi) is 6.19. The summed E-state index contributed by atoms with van der Waals surface area (Å²) in [4.78, 5) is 18.2. The topological polar surface area (TPSA) is 117 Å². The number of anilines is 2. The monoisotopic (exact) mass is 599 g/mol. The largest absolute Gasteiger partial charge is 0.481 e. The minimum absolute atomic E-state index is 0.0206. The first kappa shape index (κ1) is 29.9. The molecule has 2 heterocycles. The summed E-state index contributed by atoms with van der Waals surface area (Å²) < 4.78 is 0. The molecule has 2 aromatic rings. The van der Waals surface area contributed by atoms with Crippen LogP contribution in [0.2, 0.25) is 0 Å². The first-order chi connectivity index (χ1) is 20.5. The molecule has 3 saturated carbocycles. The van der Waals surface area contributed by atoms with Gasteiger partial charge in [0, 0.05) is 29.9 Å². The van der Waals surface area contributed by atoms with Crippen molar-refractivity contribution in [3.05, 3.63) is 40.7 Å². The van der Waals surface area contributed by atoms with Crippen LogP contribution in [0.3, 0.4) is 0 Å². The van der Waals surface area contributed by atoms with Gasteiger partial charge in [-0.15, -0.1) is 0 Å². The third-order valence-electron chi connectivity index (χ3n) is 14.8. The van der Waals surface area contributed by atoms with Gasteiger partial charge in [-0.05, 0) is 120 Å². The summed E-state index contributed by atoms with van der Waals surface area (Å²) in [6, 6.07) is 4.31. The van der Waals surface area contributed by atoms with Gasteiger partial charge in [-0.25, -0.2) is 4.98 Å². The maximum atomic E-state index is 13.4. The zero-order valence-electron chi connectivity index (χ0n) is 28.2. The highest BCUT2D eigenvalue weighted by Crippen LogP contribution is 2.77. The van der Waals surface area contributed by atoms with Gasteiger partial charge in [-0.2, -0.15) is 5.10 Å². The number of carbonyl (C=O) groups is 1. The number of aliphatic carboxylic acids is 1. The predicted molar refractivity (Wildman–Crippen MR) is 176 cm³/mol. The second-order valence-corrected chi connectivity index (χ2v) is 17.4. The van der Waals surface area contributed by atoms with Crippen molar-refractivity contribution in [2.75, 3.05) is 18.1 Å². The van der Waals surface area contributed by atoms with E-state index in [0.717, 1.165) is 63.6 Å². The maximum absolute atomic E-state index is 13.4. The number of rotatable bonds is 3. The van der Waals surface area contributed by atoms with E-state index in [9.17, 15) is 9.90 Å². The van der Waals surface area contributed by atoms with Crippen molar-refractivity contribution in [3.8, 4) is 0 Å². The summed E-state index contributed by atoms with van der Waals surface area (Å²) in [5, 5.41) is 22.0. The molecule has 7 nitrogen and oxygen atoms in total. The van der Waals surface area contributed by atoms with Crippen LogP contribution >= 0.6 is 0 Å². The lowest BCUT2D eigenvalue weighted by molar-refractivity contribution is -0.175. The Labute approximate surface area is 263 Å². The van der Waals surface area contributed by atoms with Gasteiger partial charge in [-0.3, -0.25) is 9.89 Å². The Morgan fingerprint density at radius 3 is 2.41 bits per heavy atom. The second kappa shape index (κ2) is 9.13. The normalized spacial score (nSPS) is 40.1. The predicted octanol–water partition coefficient (Wildman–Crippen LogP) is 7.86. The van der Waals surface area contributed by atoms with Gasteiger partial charge in [0.25, 0.3) is 0 Å². The number of fused-ring (bicyclic) bond motifs is 8. The van der Waals surface area contributed by atoms with E-state index >= 15 is 0 Å². The number of H-pyrrole nitrogens is 1. The molecule has 3 fully saturated rings. The molecule has 0 bridgehead atoms. The quantitative estimate of drug-likeness (QED) is 0.285. The van der Waals surface area contributed by atoms with Crippen molar-refractivity contribution >= 4 is 23.2 Å². The minimum atomic E-state index is -0.689. The lowest BCUT2D eigenvalue weighted by Gasteiger charge is -2.71. The van der Waals surface area contributed by atoms with E-state index < -0.39 is 11.4 Å². The average molecular weight is 600 g/mol. The summed E-state index contributed by atoms with van der Waals surface area (Å²) in [7, 11) is 1.91. The maximum Gasteiger partial charge on any atom is 0.310 e. The summed E-state index contributed by atoms with van der Waals surface area (Å²) in [5.41, 5.74) is 12.3. The molecular weight excluding hydrogens is 546 g/mol. The third-order valence-corrected chi connectivity index (χ3v) is 14.8. The molecule has 0 amide bonds. The molecule has 0 spiro atoms. The number of hydrogen-bond donors (Lipinski definition) is 4. The van der Waals surface area contributed by atoms with Gasteiger partial charge in [0.05, 0.1) is 5.41 Å². The summed E-state index contributed by atoms with van der Waals surface area (Å²) >= 11 is 0. The lowest BCUT2D eigenvalue weighted by atomic mass is 9.33. The lowest BCUT2D eigenvalue weighted by Crippen LogP contribution is -2.65. The van der Waals surface area contributed by atoms with Crippen molar-refractivity contribution < 1.29 is 9.90 Å². The van der Waals surface area contributed by atoms with Crippen LogP contribution in [0, 0.1) is 44.8 Å². The molecule has 0 aromatic carbocycles. The Morgan fingerprint density at radius 2 is 1.75 bits per heavy atom. The van der Waals surface area contributed by atoms with E-state index in [1.165, 1.54) is 28.0 Å². The van der Waals surface area contributed by atoms with Gasteiger partial charge in [0.2, 0.25) is 0 Å². The SMILES string of the molecule is CNc1ccc(C2=C3[C@@H]4CC(C)(C)CC[C@]4(C(=O)O)CC[C@@]3(C)[C@]3(C)CC[C@H]4C(C)(C)c5[nH]nc(N)c5C[C@]4(C)C3C2)cn1. The third kappa shape index (κ3) is 3.64. The molecular formula is C37H53N5O2. The van der Waals surface area contributed by atoms with Crippen molar-refractivity contribution in [2.45, 2.75) is 112 Å². The van der Waals surface area contributed by atoms with Gasteiger partial charge in [0.15, 0.2) is 0 Å². The number of aromatic amines is 1. The van der Waals surface area contributed by atoms with Crippen LogP contribution in [0.25, 0.3) is 5.57 Å². The number of aromatic nitrogens is 3. The van der Waals surface area contributed by atoms with Crippen molar-refractivity contribution in [1.29, 1.82) is 0 Å². The highest BCUT2D eigenvalue weighted by molar-refractivity contribution is 5.80. The number of pyridine rings is 1. The van der Waals surface area contributed by atoms with Gasteiger partial charge in [-0.1, -0.05) is 54.0 Å². The molecule has 7 rings (SSSR count). The van der Waals surface area contributed by atoms with Crippen LogP contribution in [-0.4, -0.2) is 33.3 Å². The van der Waals surface area contributed by atoms with Crippen LogP contribution in [0.1, 0.15) is 117 Å². The van der Waals surface area contributed by atoms with Gasteiger partial charge >= 0.3 is 5.97 Å². The smallest absolute Gasteiger partial charge is 0.310 e. The zero-order valence-corrected chi connectivity index (χ0v) is 28.2. The summed E-state index contributed by atoms with van der Waals surface area (Å²) in [6.07, 6.45) is 10.6. The molecule has 0 aliphatic heterocycles. The second-order valence-electron chi connectivity index (χ2n) is 17.4. The van der Waals surface area contributed by atoms with Crippen LogP contribution in [0.5, 0.6) is 0 Å².